The largest absolute Gasteiger partial charge is 0.325 e. The molecule has 0 unspecified atom stereocenters. The average Bonchev–Trinajstić information content (AvgIpc) is 3.08. The van der Waals surface area contributed by atoms with Gasteiger partial charge in [0.1, 0.15) is 0 Å². The molecule has 0 bridgehead atoms. The van der Waals surface area contributed by atoms with Gasteiger partial charge in [-0.1, -0.05) is 64.1 Å². The molecular weight excluding hydrogens is 394 g/mol. The highest BCUT2D eigenvalue weighted by atomic mass is 32.2. The second kappa shape index (κ2) is 11.5. The van der Waals surface area contributed by atoms with Gasteiger partial charge >= 0.3 is 0 Å². The maximum atomic E-state index is 12.7. The second-order valence-corrected chi connectivity index (χ2v) is 9.21. The SMILES string of the molecule is CCCCn1c(SCC(=O)Nc2c(C)cccc2C(C)C)nnc1[C@H](CC)N(C)C. The van der Waals surface area contributed by atoms with Crippen LogP contribution in [0.5, 0.6) is 0 Å². The van der Waals surface area contributed by atoms with Crippen LogP contribution in [0.25, 0.3) is 0 Å². The number of nitrogens with zero attached hydrogens (tertiary/aromatic N) is 4. The number of carbonyl (C=O) groups excluding carboxylic acids is 1. The summed E-state index contributed by atoms with van der Waals surface area (Å²) < 4.78 is 2.20. The zero-order chi connectivity index (χ0) is 22.3. The van der Waals surface area contributed by atoms with Crippen molar-refractivity contribution in [2.75, 3.05) is 25.2 Å². The van der Waals surface area contributed by atoms with Gasteiger partial charge in [0.25, 0.3) is 0 Å². The van der Waals surface area contributed by atoms with E-state index in [0.29, 0.717) is 11.7 Å². The van der Waals surface area contributed by atoms with Crippen molar-refractivity contribution in [1.29, 1.82) is 0 Å². The van der Waals surface area contributed by atoms with Gasteiger partial charge in [0, 0.05) is 12.2 Å². The van der Waals surface area contributed by atoms with Crippen molar-refractivity contribution in [2.24, 2.45) is 0 Å². The summed E-state index contributed by atoms with van der Waals surface area (Å²) in [5.74, 6) is 1.64. The van der Waals surface area contributed by atoms with Crippen LogP contribution >= 0.6 is 11.8 Å². The maximum Gasteiger partial charge on any atom is 0.234 e. The van der Waals surface area contributed by atoms with Gasteiger partial charge in [-0.2, -0.15) is 0 Å². The molecule has 166 valence electrons. The minimum Gasteiger partial charge on any atom is -0.325 e. The van der Waals surface area contributed by atoms with Crippen LogP contribution < -0.4 is 5.32 Å². The Balaban J connectivity index is 2.15. The Hall–Kier alpha value is -1.86. The first-order chi connectivity index (χ1) is 14.3. The lowest BCUT2D eigenvalue weighted by Crippen LogP contribution is -2.23. The van der Waals surface area contributed by atoms with Crippen molar-refractivity contribution in [3.63, 3.8) is 0 Å². The number of unbranched alkanes of at least 4 members (excludes halogenated alkanes) is 1. The van der Waals surface area contributed by atoms with E-state index in [4.69, 9.17) is 0 Å². The number of aryl methyl sites for hydroxylation is 1. The van der Waals surface area contributed by atoms with Crippen LogP contribution in [0.15, 0.2) is 23.4 Å². The average molecular weight is 432 g/mol. The van der Waals surface area contributed by atoms with Crippen LogP contribution in [-0.4, -0.2) is 45.4 Å². The van der Waals surface area contributed by atoms with Gasteiger partial charge < -0.3 is 9.88 Å². The monoisotopic (exact) mass is 431 g/mol. The molecule has 1 aromatic heterocycles. The standard InChI is InChI=1S/C23H37N5OS/c1-8-10-14-28-22(19(9-2)27(6)7)25-26-23(28)30-15-20(29)24-21-17(5)12-11-13-18(21)16(3)4/h11-13,16,19H,8-10,14-15H2,1-7H3,(H,24,29)/t19-/m0/s1. The molecule has 7 heteroatoms. The molecule has 6 nitrogen and oxygen atoms in total. The van der Waals surface area contributed by atoms with E-state index >= 15 is 0 Å². The molecule has 1 aromatic carbocycles. The quantitative estimate of drug-likeness (QED) is 0.492. The van der Waals surface area contributed by atoms with Gasteiger partial charge in [-0.15, -0.1) is 10.2 Å². The number of benzene rings is 1. The lowest BCUT2D eigenvalue weighted by Gasteiger charge is -2.23. The van der Waals surface area contributed by atoms with Gasteiger partial charge in [-0.25, -0.2) is 0 Å². The van der Waals surface area contributed by atoms with E-state index in [9.17, 15) is 4.79 Å². The molecule has 0 saturated heterocycles. The Bertz CT molecular complexity index is 831. The number of aromatic nitrogens is 3. The van der Waals surface area contributed by atoms with Gasteiger partial charge in [0.05, 0.1) is 11.8 Å². The first-order valence-electron chi connectivity index (χ1n) is 10.9. The highest BCUT2D eigenvalue weighted by Gasteiger charge is 2.22. The Kier molecular flexibility index (Phi) is 9.37. The fourth-order valence-corrected chi connectivity index (χ4v) is 4.38. The van der Waals surface area contributed by atoms with E-state index in [2.05, 4.69) is 72.8 Å². The number of thioether (sulfide) groups is 1. The molecule has 0 aliphatic carbocycles. The predicted molar refractivity (Wildman–Crippen MR) is 126 cm³/mol. The molecule has 1 heterocycles. The summed E-state index contributed by atoms with van der Waals surface area (Å²) in [6.45, 7) is 11.6. The topological polar surface area (TPSA) is 63.1 Å². The molecule has 1 N–H and O–H groups in total. The van der Waals surface area contributed by atoms with E-state index in [-0.39, 0.29) is 11.9 Å². The third kappa shape index (κ3) is 6.08. The van der Waals surface area contributed by atoms with E-state index in [1.54, 1.807) is 0 Å². The van der Waals surface area contributed by atoms with E-state index in [1.165, 1.54) is 17.3 Å². The van der Waals surface area contributed by atoms with Crippen molar-refractivity contribution >= 4 is 23.4 Å². The van der Waals surface area contributed by atoms with E-state index < -0.39 is 0 Å². The molecular formula is C23H37N5OS. The third-order valence-corrected chi connectivity index (χ3v) is 6.28. The van der Waals surface area contributed by atoms with Crippen molar-refractivity contribution in [3.05, 3.63) is 35.2 Å². The Morgan fingerprint density at radius 2 is 1.97 bits per heavy atom. The Labute approximate surface area is 185 Å². The summed E-state index contributed by atoms with van der Waals surface area (Å²) in [5, 5.41) is 12.9. The zero-order valence-electron chi connectivity index (χ0n) is 19.5. The van der Waals surface area contributed by atoms with E-state index in [0.717, 1.165) is 48.0 Å². The smallest absolute Gasteiger partial charge is 0.234 e. The first kappa shape index (κ1) is 24.4. The lowest BCUT2D eigenvalue weighted by atomic mass is 9.98. The molecule has 0 spiro atoms. The molecule has 2 aromatic rings. The van der Waals surface area contributed by atoms with Gasteiger partial charge in [0.15, 0.2) is 11.0 Å². The van der Waals surface area contributed by atoms with Crippen molar-refractivity contribution in [2.45, 2.75) is 77.5 Å². The van der Waals surface area contributed by atoms with Crippen LogP contribution in [0.2, 0.25) is 0 Å². The number of carbonyl (C=O) groups is 1. The molecule has 0 aliphatic rings. The summed E-state index contributed by atoms with van der Waals surface area (Å²) in [7, 11) is 4.14. The number of nitrogens with one attached hydrogen (secondary N) is 1. The van der Waals surface area contributed by atoms with Gasteiger partial charge in [-0.3, -0.25) is 9.69 Å². The third-order valence-electron chi connectivity index (χ3n) is 5.31. The fourth-order valence-electron chi connectivity index (χ4n) is 3.61. The summed E-state index contributed by atoms with van der Waals surface area (Å²) >= 11 is 1.46. The van der Waals surface area contributed by atoms with E-state index in [1.807, 2.05) is 19.1 Å². The summed E-state index contributed by atoms with van der Waals surface area (Å²) in [6.07, 6.45) is 3.13. The normalized spacial score (nSPS) is 12.6. The summed E-state index contributed by atoms with van der Waals surface area (Å²) in [4.78, 5) is 14.9. The number of hydrogen-bond acceptors (Lipinski definition) is 5. The van der Waals surface area contributed by atoms with Gasteiger partial charge in [-0.05, 0) is 50.9 Å². The molecule has 1 amide bonds. The number of para-hydroxylation sites is 1. The Morgan fingerprint density at radius 3 is 2.57 bits per heavy atom. The maximum absolute atomic E-state index is 12.7. The summed E-state index contributed by atoms with van der Waals surface area (Å²) in [5.41, 5.74) is 3.19. The van der Waals surface area contributed by atoms with Crippen LogP contribution in [-0.2, 0) is 11.3 Å². The summed E-state index contributed by atoms with van der Waals surface area (Å²) in [6, 6.07) is 6.38. The zero-order valence-corrected chi connectivity index (χ0v) is 20.3. The fraction of sp³-hybridized carbons (Fsp3) is 0.609. The first-order valence-corrected chi connectivity index (χ1v) is 11.9. The van der Waals surface area contributed by atoms with Crippen molar-refractivity contribution in [1.82, 2.24) is 19.7 Å². The number of rotatable bonds is 11. The molecule has 2 rings (SSSR count). The van der Waals surface area contributed by atoms with Crippen LogP contribution in [0.1, 0.15) is 75.9 Å². The highest BCUT2D eigenvalue weighted by molar-refractivity contribution is 7.99. The lowest BCUT2D eigenvalue weighted by molar-refractivity contribution is -0.113. The van der Waals surface area contributed by atoms with Crippen LogP contribution in [0, 0.1) is 6.92 Å². The van der Waals surface area contributed by atoms with Crippen molar-refractivity contribution < 1.29 is 4.79 Å². The second-order valence-electron chi connectivity index (χ2n) is 8.26. The minimum atomic E-state index is -0.0116. The molecule has 1 atom stereocenters. The predicted octanol–water partition coefficient (Wildman–Crippen LogP) is 5.25. The van der Waals surface area contributed by atoms with Crippen molar-refractivity contribution in [3.8, 4) is 0 Å². The number of anilines is 1. The molecule has 0 fully saturated rings. The van der Waals surface area contributed by atoms with Crippen LogP contribution in [0.3, 0.4) is 0 Å². The highest BCUT2D eigenvalue weighted by Crippen LogP contribution is 2.29. The molecule has 0 aliphatic heterocycles. The number of amides is 1. The minimum absolute atomic E-state index is 0.0116. The molecule has 0 radical (unpaired) electrons. The molecule has 30 heavy (non-hydrogen) atoms. The Morgan fingerprint density at radius 1 is 1.23 bits per heavy atom. The number of hydrogen-bond donors (Lipinski definition) is 1. The molecule has 0 saturated carbocycles. The van der Waals surface area contributed by atoms with Gasteiger partial charge in [0.2, 0.25) is 5.91 Å². The van der Waals surface area contributed by atoms with Crippen LogP contribution in [0.4, 0.5) is 5.69 Å².